The van der Waals surface area contributed by atoms with E-state index in [4.69, 9.17) is 0 Å². The Bertz CT molecular complexity index is 190. The van der Waals surface area contributed by atoms with E-state index in [-0.39, 0.29) is 0 Å². The summed E-state index contributed by atoms with van der Waals surface area (Å²) in [5.41, 5.74) is 0. The average molecular weight is 225 g/mol. The lowest BCUT2D eigenvalue weighted by Crippen LogP contribution is -2.53. The third-order valence-corrected chi connectivity index (χ3v) is 4.18. The molecule has 0 amide bonds. The molecule has 1 aliphatic carbocycles. The van der Waals surface area contributed by atoms with Gasteiger partial charge in [0.1, 0.15) is 0 Å². The summed E-state index contributed by atoms with van der Waals surface area (Å²) >= 11 is 0. The molecule has 94 valence electrons. The molecule has 0 bridgehead atoms. The summed E-state index contributed by atoms with van der Waals surface area (Å²) in [4.78, 5) is 2.48. The van der Waals surface area contributed by atoms with E-state index in [2.05, 4.69) is 22.6 Å². The number of piperazine rings is 1. The molecule has 2 N–H and O–H groups in total. The van der Waals surface area contributed by atoms with E-state index in [9.17, 15) is 0 Å². The van der Waals surface area contributed by atoms with Crippen LogP contribution in [0.15, 0.2) is 0 Å². The number of hydrogen-bond donors (Lipinski definition) is 2. The Morgan fingerprint density at radius 2 is 2.00 bits per heavy atom. The smallest absolute Gasteiger partial charge is 0.0342 e. The second-order valence-corrected chi connectivity index (χ2v) is 5.50. The Morgan fingerprint density at radius 3 is 2.75 bits per heavy atom. The lowest BCUT2D eigenvalue weighted by molar-refractivity contribution is 0.192. The van der Waals surface area contributed by atoms with Gasteiger partial charge in [0.25, 0.3) is 0 Å². The standard InChI is InChI=1S/C13H27N3/c1-16-8-7-14-10-13(16)11-15-9-12-5-3-2-4-6-12/h12-15H,2-11H2,1H3. The predicted octanol–water partition coefficient (Wildman–Crippen LogP) is 1.06. The topological polar surface area (TPSA) is 27.3 Å². The summed E-state index contributed by atoms with van der Waals surface area (Å²) in [5.74, 6) is 0.954. The fourth-order valence-corrected chi connectivity index (χ4v) is 2.94. The highest BCUT2D eigenvalue weighted by atomic mass is 15.2. The maximum atomic E-state index is 3.67. The van der Waals surface area contributed by atoms with E-state index in [1.54, 1.807) is 0 Å². The van der Waals surface area contributed by atoms with Crippen molar-refractivity contribution in [3.63, 3.8) is 0 Å². The number of nitrogens with one attached hydrogen (secondary N) is 2. The molecule has 0 aromatic heterocycles. The van der Waals surface area contributed by atoms with Crippen LogP contribution in [0.5, 0.6) is 0 Å². The lowest BCUT2D eigenvalue weighted by atomic mass is 9.89. The van der Waals surface area contributed by atoms with Crippen LogP contribution in [0.25, 0.3) is 0 Å². The second kappa shape index (κ2) is 6.58. The molecule has 1 unspecified atom stereocenters. The Hall–Kier alpha value is -0.120. The van der Waals surface area contributed by atoms with Crippen molar-refractivity contribution >= 4 is 0 Å². The monoisotopic (exact) mass is 225 g/mol. The van der Waals surface area contributed by atoms with Crippen molar-refractivity contribution in [2.45, 2.75) is 38.1 Å². The summed E-state index contributed by atoms with van der Waals surface area (Å²) in [5, 5.41) is 7.15. The van der Waals surface area contributed by atoms with E-state index in [1.165, 1.54) is 45.2 Å². The largest absolute Gasteiger partial charge is 0.315 e. The molecule has 1 heterocycles. The Morgan fingerprint density at radius 1 is 1.19 bits per heavy atom. The minimum atomic E-state index is 0.692. The van der Waals surface area contributed by atoms with Crippen molar-refractivity contribution in [2.75, 3.05) is 39.8 Å². The molecule has 0 aromatic rings. The summed E-state index contributed by atoms with van der Waals surface area (Å²) in [6, 6.07) is 0.692. The van der Waals surface area contributed by atoms with Gasteiger partial charge < -0.3 is 10.6 Å². The molecule has 1 saturated heterocycles. The number of nitrogens with zero attached hydrogens (tertiary/aromatic N) is 1. The molecule has 2 aliphatic rings. The first-order chi connectivity index (χ1) is 7.86. The van der Waals surface area contributed by atoms with Gasteiger partial charge in [0.2, 0.25) is 0 Å². The fourth-order valence-electron chi connectivity index (χ4n) is 2.94. The van der Waals surface area contributed by atoms with E-state index in [1.807, 2.05) is 0 Å². The van der Waals surface area contributed by atoms with Crippen LogP contribution < -0.4 is 10.6 Å². The Kier molecular flexibility index (Phi) is 5.07. The molecule has 0 aromatic carbocycles. The van der Waals surface area contributed by atoms with Gasteiger partial charge >= 0.3 is 0 Å². The van der Waals surface area contributed by atoms with E-state index >= 15 is 0 Å². The molecule has 1 atom stereocenters. The van der Waals surface area contributed by atoms with E-state index in [0.717, 1.165) is 25.6 Å². The minimum Gasteiger partial charge on any atom is -0.315 e. The van der Waals surface area contributed by atoms with Crippen LogP contribution in [0.3, 0.4) is 0 Å². The van der Waals surface area contributed by atoms with Crippen LogP contribution in [0.4, 0.5) is 0 Å². The number of hydrogen-bond acceptors (Lipinski definition) is 3. The van der Waals surface area contributed by atoms with Crippen LogP contribution in [0.1, 0.15) is 32.1 Å². The van der Waals surface area contributed by atoms with Gasteiger partial charge in [-0.1, -0.05) is 19.3 Å². The maximum Gasteiger partial charge on any atom is 0.0342 e. The Labute approximate surface area is 100.0 Å². The van der Waals surface area contributed by atoms with Crippen molar-refractivity contribution in [3.05, 3.63) is 0 Å². The quantitative estimate of drug-likeness (QED) is 0.749. The number of rotatable bonds is 4. The van der Waals surface area contributed by atoms with Gasteiger partial charge in [-0.25, -0.2) is 0 Å². The zero-order valence-corrected chi connectivity index (χ0v) is 10.7. The Balaban J connectivity index is 1.59. The van der Waals surface area contributed by atoms with Gasteiger partial charge in [0, 0.05) is 32.2 Å². The van der Waals surface area contributed by atoms with Gasteiger partial charge in [-0.2, -0.15) is 0 Å². The molecule has 0 radical (unpaired) electrons. The van der Waals surface area contributed by atoms with Crippen LogP contribution in [-0.2, 0) is 0 Å². The third-order valence-electron chi connectivity index (χ3n) is 4.18. The summed E-state index contributed by atoms with van der Waals surface area (Å²) in [6.45, 7) is 5.88. The molecule has 1 saturated carbocycles. The molecule has 0 spiro atoms. The van der Waals surface area contributed by atoms with Crippen molar-refractivity contribution in [3.8, 4) is 0 Å². The molecule has 16 heavy (non-hydrogen) atoms. The van der Waals surface area contributed by atoms with Crippen molar-refractivity contribution in [1.82, 2.24) is 15.5 Å². The fraction of sp³-hybridized carbons (Fsp3) is 1.00. The van der Waals surface area contributed by atoms with Gasteiger partial charge in [0.15, 0.2) is 0 Å². The molecular formula is C13H27N3. The number of likely N-dealkylation sites (N-methyl/N-ethyl adjacent to an activating group) is 1. The lowest BCUT2D eigenvalue weighted by Gasteiger charge is -2.33. The van der Waals surface area contributed by atoms with Crippen molar-refractivity contribution < 1.29 is 0 Å². The third kappa shape index (κ3) is 3.72. The molecule has 3 nitrogen and oxygen atoms in total. The van der Waals surface area contributed by atoms with Gasteiger partial charge in [0.05, 0.1) is 0 Å². The van der Waals surface area contributed by atoms with Gasteiger partial charge in [-0.15, -0.1) is 0 Å². The molecular weight excluding hydrogens is 198 g/mol. The normalized spacial score (nSPS) is 29.4. The van der Waals surface area contributed by atoms with E-state index in [0.29, 0.717) is 6.04 Å². The minimum absolute atomic E-state index is 0.692. The first kappa shape index (κ1) is 12.3. The van der Waals surface area contributed by atoms with Crippen molar-refractivity contribution in [2.24, 2.45) is 5.92 Å². The highest BCUT2D eigenvalue weighted by Crippen LogP contribution is 2.22. The van der Waals surface area contributed by atoms with Crippen molar-refractivity contribution in [1.29, 1.82) is 0 Å². The highest BCUT2D eigenvalue weighted by Gasteiger charge is 2.19. The first-order valence-corrected chi connectivity index (χ1v) is 6.98. The van der Waals surface area contributed by atoms with E-state index < -0.39 is 0 Å². The van der Waals surface area contributed by atoms with Crippen LogP contribution in [-0.4, -0.2) is 50.7 Å². The SMILES string of the molecule is CN1CCNCC1CNCC1CCCCC1. The molecule has 2 rings (SSSR count). The van der Waals surface area contributed by atoms with Gasteiger partial charge in [-0.05, 0) is 32.4 Å². The van der Waals surface area contributed by atoms with Crippen LogP contribution >= 0.6 is 0 Å². The summed E-state index contributed by atoms with van der Waals surface area (Å²) < 4.78 is 0. The summed E-state index contributed by atoms with van der Waals surface area (Å²) in [7, 11) is 2.24. The highest BCUT2D eigenvalue weighted by molar-refractivity contribution is 4.79. The predicted molar refractivity (Wildman–Crippen MR) is 68.7 cm³/mol. The molecule has 2 fully saturated rings. The van der Waals surface area contributed by atoms with Crippen LogP contribution in [0.2, 0.25) is 0 Å². The average Bonchev–Trinajstić information content (AvgIpc) is 2.33. The first-order valence-electron chi connectivity index (χ1n) is 6.98. The molecule has 1 aliphatic heterocycles. The van der Waals surface area contributed by atoms with Crippen LogP contribution in [0, 0.1) is 5.92 Å². The maximum absolute atomic E-state index is 3.67. The second-order valence-electron chi connectivity index (χ2n) is 5.50. The zero-order valence-electron chi connectivity index (χ0n) is 10.7. The summed E-state index contributed by atoms with van der Waals surface area (Å²) in [6.07, 6.45) is 7.28. The zero-order chi connectivity index (χ0) is 11.2. The van der Waals surface area contributed by atoms with Gasteiger partial charge in [-0.3, -0.25) is 4.90 Å². The molecule has 3 heteroatoms.